The topological polar surface area (TPSA) is 47.4 Å². The molecule has 2 heterocycles. The Morgan fingerprint density at radius 2 is 1.78 bits per heavy atom. The summed E-state index contributed by atoms with van der Waals surface area (Å²) in [4.78, 5) is 19.3. The number of benzene rings is 3. The van der Waals surface area contributed by atoms with E-state index < -0.39 is 0 Å². The molecular weight excluding hydrogens is 429 g/mol. The number of hydrogen-bond donors (Lipinski definition) is 0. The van der Waals surface area contributed by atoms with Crippen molar-refractivity contribution < 1.29 is 13.9 Å². The number of nitrogens with zero attached hydrogens (tertiary/aromatic N) is 3. The molecule has 1 unspecified atom stereocenters. The number of imidazole rings is 1. The third-order valence-electron chi connectivity index (χ3n) is 5.72. The smallest absolute Gasteiger partial charge is 0.227 e. The molecule has 5 nitrogen and oxygen atoms in total. The van der Waals surface area contributed by atoms with Crippen LogP contribution in [-0.2, 0) is 11.3 Å². The van der Waals surface area contributed by atoms with Gasteiger partial charge in [-0.15, -0.1) is 0 Å². The number of halogens is 2. The van der Waals surface area contributed by atoms with Gasteiger partial charge in [0.05, 0.1) is 22.6 Å². The van der Waals surface area contributed by atoms with Gasteiger partial charge < -0.3 is 14.2 Å². The minimum atomic E-state index is -0.322. The van der Waals surface area contributed by atoms with E-state index >= 15 is 0 Å². The fourth-order valence-corrected chi connectivity index (χ4v) is 4.39. The minimum absolute atomic E-state index is 0.00697. The Morgan fingerprint density at radius 1 is 1.03 bits per heavy atom. The summed E-state index contributed by atoms with van der Waals surface area (Å²) < 4.78 is 21.3. The fourth-order valence-electron chi connectivity index (χ4n) is 4.20. The Labute approximate surface area is 190 Å². The average molecular weight is 450 g/mol. The lowest BCUT2D eigenvalue weighted by atomic mass is 10.1. The van der Waals surface area contributed by atoms with Crippen molar-refractivity contribution in [3.05, 3.63) is 89.5 Å². The summed E-state index contributed by atoms with van der Waals surface area (Å²) in [7, 11) is 0. The van der Waals surface area contributed by atoms with Gasteiger partial charge in [0.1, 0.15) is 24.0 Å². The van der Waals surface area contributed by atoms with Crippen LogP contribution in [0, 0.1) is 5.82 Å². The van der Waals surface area contributed by atoms with Crippen molar-refractivity contribution in [1.29, 1.82) is 0 Å². The molecule has 7 heteroatoms. The Bertz CT molecular complexity index is 1270. The normalized spacial score (nSPS) is 16.1. The lowest BCUT2D eigenvalue weighted by Crippen LogP contribution is -2.24. The number of ether oxygens (including phenoxy) is 1. The molecule has 0 aliphatic carbocycles. The summed E-state index contributed by atoms with van der Waals surface area (Å²) in [5, 5.41) is 0.569. The van der Waals surface area contributed by atoms with Crippen LogP contribution in [0.1, 0.15) is 18.2 Å². The number of hydrogen-bond acceptors (Lipinski definition) is 3. The lowest BCUT2D eigenvalue weighted by molar-refractivity contribution is -0.117. The van der Waals surface area contributed by atoms with Gasteiger partial charge in [-0.1, -0.05) is 35.9 Å². The highest BCUT2D eigenvalue weighted by Crippen LogP contribution is 2.33. The van der Waals surface area contributed by atoms with Crippen LogP contribution in [0.2, 0.25) is 5.02 Å². The van der Waals surface area contributed by atoms with Crippen molar-refractivity contribution in [3.8, 4) is 5.75 Å². The van der Waals surface area contributed by atoms with Crippen molar-refractivity contribution in [2.75, 3.05) is 18.1 Å². The lowest BCUT2D eigenvalue weighted by Gasteiger charge is -2.17. The van der Waals surface area contributed by atoms with E-state index in [4.69, 9.17) is 21.3 Å². The summed E-state index contributed by atoms with van der Waals surface area (Å²) in [5.41, 5.74) is 2.58. The van der Waals surface area contributed by atoms with Crippen LogP contribution in [0.5, 0.6) is 5.75 Å². The van der Waals surface area contributed by atoms with Crippen LogP contribution < -0.4 is 9.64 Å². The number of anilines is 1. The van der Waals surface area contributed by atoms with Gasteiger partial charge in [0.25, 0.3) is 0 Å². The molecule has 4 aromatic rings. The molecule has 1 amide bonds. The quantitative estimate of drug-likeness (QED) is 0.394. The highest BCUT2D eigenvalue weighted by Gasteiger charge is 2.34. The molecule has 1 aliphatic heterocycles. The van der Waals surface area contributed by atoms with Crippen molar-refractivity contribution in [3.63, 3.8) is 0 Å². The SMILES string of the molecule is O=C1CC(c2nc3ccccc3n2CCOc2ccccc2Cl)CN1c1ccc(F)cc1. The molecule has 0 radical (unpaired) electrons. The summed E-state index contributed by atoms with van der Waals surface area (Å²) in [6.45, 7) is 1.49. The van der Waals surface area contributed by atoms with Gasteiger partial charge in [-0.2, -0.15) is 0 Å². The van der Waals surface area contributed by atoms with Crippen molar-refractivity contribution in [2.24, 2.45) is 0 Å². The molecule has 162 valence electrons. The van der Waals surface area contributed by atoms with Crippen molar-refractivity contribution in [1.82, 2.24) is 9.55 Å². The maximum atomic E-state index is 13.3. The van der Waals surface area contributed by atoms with Crippen LogP contribution in [0.4, 0.5) is 10.1 Å². The third kappa shape index (κ3) is 3.94. The molecule has 0 spiro atoms. The second-order valence-electron chi connectivity index (χ2n) is 7.77. The predicted molar refractivity (Wildman–Crippen MR) is 123 cm³/mol. The second-order valence-corrected chi connectivity index (χ2v) is 8.18. The van der Waals surface area contributed by atoms with Gasteiger partial charge >= 0.3 is 0 Å². The monoisotopic (exact) mass is 449 g/mol. The molecule has 1 aliphatic rings. The number of carbonyl (C=O) groups is 1. The standard InChI is InChI=1S/C25H21ClFN3O2/c26-20-5-1-4-8-23(20)32-14-13-29-22-7-3-2-6-21(22)28-25(29)17-15-24(31)30(16-17)19-11-9-18(27)10-12-19/h1-12,17H,13-16H2. The van der Waals surface area contributed by atoms with E-state index in [0.717, 1.165) is 16.9 Å². The third-order valence-corrected chi connectivity index (χ3v) is 6.03. The molecule has 0 N–H and O–H groups in total. The summed E-state index contributed by atoms with van der Waals surface area (Å²) in [6.07, 6.45) is 0.353. The maximum Gasteiger partial charge on any atom is 0.227 e. The summed E-state index contributed by atoms with van der Waals surface area (Å²) >= 11 is 6.20. The van der Waals surface area contributed by atoms with Crippen LogP contribution in [0.25, 0.3) is 11.0 Å². The minimum Gasteiger partial charge on any atom is -0.490 e. The number of fused-ring (bicyclic) bond motifs is 1. The Balaban J connectivity index is 1.41. The Kier molecular flexibility index (Phi) is 5.53. The first-order valence-corrected chi connectivity index (χ1v) is 10.9. The van der Waals surface area contributed by atoms with Crippen LogP contribution >= 0.6 is 11.6 Å². The van der Waals surface area contributed by atoms with Gasteiger partial charge in [-0.05, 0) is 48.5 Å². The number of amides is 1. The van der Waals surface area contributed by atoms with E-state index in [9.17, 15) is 9.18 Å². The van der Waals surface area contributed by atoms with Crippen molar-refractivity contribution >= 4 is 34.2 Å². The largest absolute Gasteiger partial charge is 0.490 e. The highest BCUT2D eigenvalue weighted by atomic mass is 35.5. The predicted octanol–water partition coefficient (Wildman–Crippen LogP) is 5.43. The van der Waals surface area contributed by atoms with Gasteiger partial charge in [0, 0.05) is 24.6 Å². The summed E-state index contributed by atoms with van der Waals surface area (Å²) in [6, 6.07) is 21.3. The van der Waals surface area contributed by atoms with E-state index in [-0.39, 0.29) is 17.6 Å². The maximum absolute atomic E-state index is 13.3. The zero-order valence-corrected chi connectivity index (χ0v) is 18.0. The van der Waals surface area contributed by atoms with E-state index in [1.54, 1.807) is 23.1 Å². The molecule has 1 atom stereocenters. The van der Waals surface area contributed by atoms with E-state index in [0.29, 0.717) is 42.6 Å². The first kappa shape index (κ1) is 20.5. The Hall–Kier alpha value is -3.38. The molecule has 1 aromatic heterocycles. The molecular formula is C25H21ClFN3O2. The van der Waals surface area contributed by atoms with Gasteiger partial charge in [-0.25, -0.2) is 9.37 Å². The van der Waals surface area contributed by atoms with Crippen LogP contribution in [0.3, 0.4) is 0 Å². The Morgan fingerprint density at radius 3 is 2.59 bits per heavy atom. The van der Waals surface area contributed by atoms with Gasteiger partial charge in [0.15, 0.2) is 0 Å². The first-order chi connectivity index (χ1) is 15.6. The fraction of sp³-hybridized carbons (Fsp3) is 0.200. The van der Waals surface area contributed by atoms with Crippen LogP contribution in [0.15, 0.2) is 72.8 Å². The van der Waals surface area contributed by atoms with Gasteiger partial charge in [0.2, 0.25) is 5.91 Å². The molecule has 0 saturated carbocycles. The molecule has 1 saturated heterocycles. The zero-order chi connectivity index (χ0) is 22.1. The number of aromatic nitrogens is 2. The average Bonchev–Trinajstić information content (AvgIpc) is 3.36. The van der Waals surface area contributed by atoms with E-state index in [1.165, 1.54) is 12.1 Å². The van der Waals surface area contributed by atoms with E-state index in [2.05, 4.69) is 4.57 Å². The summed E-state index contributed by atoms with van der Waals surface area (Å²) in [5.74, 6) is 1.11. The number of rotatable bonds is 6. The molecule has 0 bridgehead atoms. The molecule has 3 aromatic carbocycles. The van der Waals surface area contributed by atoms with Gasteiger partial charge in [-0.3, -0.25) is 4.79 Å². The highest BCUT2D eigenvalue weighted by molar-refractivity contribution is 6.32. The van der Waals surface area contributed by atoms with E-state index in [1.807, 2.05) is 42.5 Å². The molecule has 32 heavy (non-hydrogen) atoms. The van der Waals surface area contributed by atoms with Crippen molar-refractivity contribution in [2.45, 2.75) is 18.9 Å². The number of para-hydroxylation sites is 3. The first-order valence-electron chi connectivity index (χ1n) is 10.5. The number of carbonyl (C=O) groups excluding carboxylic acids is 1. The zero-order valence-electron chi connectivity index (χ0n) is 17.2. The molecule has 5 rings (SSSR count). The second kappa shape index (κ2) is 8.63. The molecule has 1 fully saturated rings. The van der Waals surface area contributed by atoms with Crippen LogP contribution in [-0.4, -0.2) is 28.6 Å².